The highest BCUT2D eigenvalue weighted by Crippen LogP contribution is 2.17. The molecule has 0 heterocycles. The molecule has 70 heavy (non-hydrogen) atoms. The summed E-state index contributed by atoms with van der Waals surface area (Å²) < 4.78 is 16.9. The van der Waals surface area contributed by atoms with Crippen LogP contribution >= 0.6 is 0 Å². The maximum atomic E-state index is 12.9. The van der Waals surface area contributed by atoms with Crippen molar-refractivity contribution < 1.29 is 28.6 Å². The lowest BCUT2D eigenvalue weighted by Gasteiger charge is -2.18. The maximum Gasteiger partial charge on any atom is 0.306 e. The molecule has 0 rings (SSSR count). The van der Waals surface area contributed by atoms with Gasteiger partial charge in [0.25, 0.3) is 0 Å². The first-order chi connectivity index (χ1) is 34.5. The van der Waals surface area contributed by atoms with E-state index in [0.29, 0.717) is 19.3 Å². The summed E-state index contributed by atoms with van der Waals surface area (Å²) in [4.78, 5) is 38.2. The number of ether oxygens (including phenoxy) is 3. The van der Waals surface area contributed by atoms with Crippen LogP contribution in [0.15, 0.2) is 60.8 Å². The standard InChI is InChI=1S/C64H114O6/c1-4-7-10-13-16-19-22-25-27-29-30-31-32-33-34-35-37-39-42-45-48-51-54-57-63(66)69-60-61(59-68-62(65)56-53-50-47-44-41-38-24-21-18-15-12-9-6-3)70-64(67)58-55-52-49-46-43-40-36-28-26-23-20-17-14-11-8-5-2/h7,10,16,19,25,27,30-31,33-34,61H,4-6,8-9,11-15,17-18,20-24,26,28-29,32,35-60H2,1-3H3/b10-7-,19-16-,27-25-,31-30-,34-33-. The molecule has 0 aliphatic heterocycles. The van der Waals surface area contributed by atoms with Gasteiger partial charge in [-0.3, -0.25) is 14.4 Å². The highest BCUT2D eigenvalue weighted by Gasteiger charge is 2.19. The summed E-state index contributed by atoms with van der Waals surface area (Å²) in [5.74, 6) is -0.867. The van der Waals surface area contributed by atoms with E-state index in [4.69, 9.17) is 14.2 Å². The van der Waals surface area contributed by atoms with Gasteiger partial charge in [0.1, 0.15) is 13.2 Å². The first kappa shape index (κ1) is 67.1. The number of rotatable bonds is 55. The Balaban J connectivity index is 4.33. The van der Waals surface area contributed by atoms with Crippen LogP contribution in [-0.4, -0.2) is 37.2 Å². The molecule has 0 aliphatic carbocycles. The Morgan fingerprint density at radius 1 is 0.300 bits per heavy atom. The summed E-state index contributed by atoms with van der Waals surface area (Å²) in [6.07, 6.45) is 73.5. The number of allylic oxidation sites excluding steroid dienone is 10. The van der Waals surface area contributed by atoms with E-state index in [9.17, 15) is 14.4 Å². The van der Waals surface area contributed by atoms with Gasteiger partial charge in [0.15, 0.2) is 6.10 Å². The van der Waals surface area contributed by atoms with Crippen molar-refractivity contribution in [3.8, 4) is 0 Å². The van der Waals surface area contributed by atoms with Gasteiger partial charge < -0.3 is 14.2 Å². The van der Waals surface area contributed by atoms with Crippen molar-refractivity contribution in [2.24, 2.45) is 0 Å². The molecule has 0 saturated heterocycles. The Morgan fingerprint density at radius 3 is 0.871 bits per heavy atom. The van der Waals surface area contributed by atoms with Gasteiger partial charge in [-0.15, -0.1) is 0 Å². The molecule has 0 aromatic heterocycles. The van der Waals surface area contributed by atoms with Crippen molar-refractivity contribution in [1.82, 2.24) is 0 Å². The smallest absolute Gasteiger partial charge is 0.306 e. The van der Waals surface area contributed by atoms with Gasteiger partial charge in [0, 0.05) is 19.3 Å². The molecule has 1 unspecified atom stereocenters. The predicted molar refractivity (Wildman–Crippen MR) is 302 cm³/mol. The van der Waals surface area contributed by atoms with Crippen molar-refractivity contribution in [2.45, 2.75) is 316 Å². The number of carbonyl (C=O) groups excluding carboxylic acids is 3. The van der Waals surface area contributed by atoms with E-state index in [1.807, 2.05) is 0 Å². The van der Waals surface area contributed by atoms with Crippen molar-refractivity contribution in [1.29, 1.82) is 0 Å². The fourth-order valence-corrected chi connectivity index (χ4v) is 8.77. The Labute approximate surface area is 434 Å². The van der Waals surface area contributed by atoms with Crippen LogP contribution in [0.1, 0.15) is 310 Å². The molecule has 0 saturated carbocycles. The number of hydrogen-bond donors (Lipinski definition) is 0. The van der Waals surface area contributed by atoms with Gasteiger partial charge in [0.05, 0.1) is 0 Å². The minimum Gasteiger partial charge on any atom is -0.462 e. The second-order valence-corrected chi connectivity index (χ2v) is 20.2. The van der Waals surface area contributed by atoms with Crippen LogP contribution in [0.4, 0.5) is 0 Å². The normalized spacial score (nSPS) is 12.4. The first-order valence-corrected chi connectivity index (χ1v) is 30.3. The summed E-state index contributed by atoms with van der Waals surface area (Å²) in [5, 5.41) is 0. The average molecular weight is 980 g/mol. The lowest BCUT2D eigenvalue weighted by atomic mass is 10.0. The average Bonchev–Trinajstić information content (AvgIpc) is 3.36. The van der Waals surface area contributed by atoms with E-state index < -0.39 is 6.10 Å². The molecule has 0 fully saturated rings. The molecule has 0 aliphatic rings. The quantitative estimate of drug-likeness (QED) is 0.0261. The lowest BCUT2D eigenvalue weighted by molar-refractivity contribution is -0.167. The summed E-state index contributed by atoms with van der Waals surface area (Å²) in [6, 6.07) is 0. The fraction of sp³-hybridized carbons (Fsp3) is 0.797. The van der Waals surface area contributed by atoms with E-state index in [0.717, 1.165) is 96.3 Å². The molecule has 6 nitrogen and oxygen atoms in total. The summed E-state index contributed by atoms with van der Waals surface area (Å²) in [7, 11) is 0. The molecule has 0 spiro atoms. The predicted octanol–water partition coefficient (Wildman–Crippen LogP) is 20.4. The number of carbonyl (C=O) groups is 3. The van der Waals surface area contributed by atoms with E-state index in [1.165, 1.54) is 173 Å². The van der Waals surface area contributed by atoms with Crippen LogP contribution in [0.5, 0.6) is 0 Å². The second kappa shape index (κ2) is 58.7. The van der Waals surface area contributed by atoms with E-state index in [1.54, 1.807) is 0 Å². The summed E-state index contributed by atoms with van der Waals surface area (Å²) in [6.45, 7) is 6.56. The Hall–Kier alpha value is -2.89. The molecule has 0 aromatic rings. The zero-order chi connectivity index (χ0) is 50.7. The monoisotopic (exact) mass is 979 g/mol. The highest BCUT2D eigenvalue weighted by atomic mass is 16.6. The van der Waals surface area contributed by atoms with Gasteiger partial charge in [-0.25, -0.2) is 0 Å². The van der Waals surface area contributed by atoms with Crippen molar-refractivity contribution in [2.75, 3.05) is 13.2 Å². The van der Waals surface area contributed by atoms with Crippen LogP contribution in [0.3, 0.4) is 0 Å². The third kappa shape index (κ3) is 56.0. The van der Waals surface area contributed by atoms with Crippen molar-refractivity contribution >= 4 is 17.9 Å². The van der Waals surface area contributed by atoms with Crippen LogP contribution in [0.2, 0.25) is 0 Å². The van der Waals surface area contributed by atoms with Crippen LogP contribution in [0.25, 0.3) is 0 Å². The lowest BCUT2D eigenvalue weighted by Crippen LogP contribution is -2.30. The van der Waals surface area contributed by atoms with E-state index >= 15 is 0 Å². The van der Waals surface area contributed by atoms with Crippen molar-refractivity contribution in [3.63, 3.8) is 0 Å². The number of unbranched alkanes of at least 4 members (excludes halogenated alkanes) is 34. The minimum absolute atomic E-state index is 0.0731. The summed E-state index contributed by atoms with van der Waals surface area (Å²) in [5.41, 5.74) is 0. The Kier molecular flexibility index (Phi) is 56.3. The molecule has 0 amide bonds. The molecule has 406 valence electrons. The van der Waals surface area contributed by atoms with Gasteiger partial charge in [0.2, 0.25) is 0 Å². The number of hydrogen-bond acceptors (Lipinski definition) is 6. The molecule has 0 radical (unpaired) electrons. The molecule has 0 N–H and O–H groups in total. The minimum atomic E-state index is -0.775. The first-order valence-electron chi connectivity index (χ1n) is 30.3. The van der Waals surface area contributed by atoms with Gasteiger partial charge in [-0.1, -0.05) is 287 Å². The molecular formula is C64H114O6. The van der Waals surface area contributed by atoms with Crippen molar-refractivity contribution in [3.05, 3.63) is 60.8 Å². The zero-order valence-electron chi connectivity index (χ0n) is 46.5. The van der Waals surface area contributed by atoms with Crippen LogP contribution < -0.4 is 0 Å². The Bertz CT molecular complexity index is 1260. The van der Waals surface area contributed by atoms with Crippen LogP contribution in [0, 0.1) is 0 Å². The van der Waals surface area contributed by atoms with Gasteiger partial charge in [-0.2, -0.15) is 0 Å². The highest BCUT2D eigenvalue weighted by molar-refractivity contribution is 5.71. The second-order valence-electron chi connectivity index (χ2n) is 20.2. The zero-order valence-corrected chi connectivity index (χ0v) is 46.5. The maximum absolute atomic E-state index is 12.9. The van der Waals surface area contributed by atoms with E-state index in [-0.39, 0.29) is 31.1 Å². The third-order valence-corrected chi connectivity index (χ3v) is 13.3. The molecule has 0 bridgehead atoms. The van der Waals surface area contributed by atoms with E-state index in [2.05, 4.69) is 81.5 Å². The SMILES string of the molecule is CC/C=C\C/C=C\C/C=C\C/C=C\C/C=C\CCCCCCCCCC(=O)OCC(COC(=O)CCCCCCCCCCCCCCC)OC(=O)CCCCCCCCCCCCCCCCCC. The molecule has 6 heteroatoms. The van der Waals surface area contributed by atoms with Gasteiger partial charge in [-0.05, 0) is 64.2 Å². The number of esters is 3. The van der Waals surface area contributed by atoms with Gasteiger partial charge >= 0.3 is 17.9 Å². The molecular weight excluding hydrogens is 865 g/mol. The molecule has 0 aromatic carbocycles. The third-order valence-electron chi connectivity index (χ3n) is 13.3. The Morgan fingerprint density at radius 2 is 0.557 bits per heavy atom. The van der Waals surface area contributed by atoms with Crippen LogP contribution in [-0.2, 0) is 28.6 Å². The topological polar surface area (TPSA) is 78.9 Å². The largest absolute Gasteiger partial charge is 0.462 e. The molecule has 1 atom stereocenters. The fourth-order valence-electron chi connectivity index (χ4n) is 8.77. The summed E-state index contributed by atoms with van der Waals surface area (Å²) >= 11 is 0.